The van der Waals surface area contributed by atoms with Crippen LogP contribution in [-0.2, 0) is 0 Å². The summed E-state index contributed by atoms with van der Waals surface area (Å²) in [4.78, 5) is 15.9. The molecule has 0 saturated heterocycles. The van der Waals surface area contributed by atoms with Gasteiger partial charge in [0.15, 0.2) is 5.78 Å². The highest BCUT2D eigenvalue weighted by molar-refractivity contribution is 9.10. The fourth-order valence-corrected chi connectivity index (χ4v) is 1.81. The molecule has 1 heterocycles. The highest BCUT2D eigenvalue weighted by Gasteiger charge is 2.21. The van der Waals surface area contributed by atoms with E-state index in [2.05, 4.69) is 20.9 Å². The van der Waals surface area contributed by atoms with Crippen LogP contribution in [0, 0.1) is 5.92 Å². The average Bonchev–Trinajstić information content (AvgIpc) is 2.12. The molecule has 66 valence electrons. The molecule has 1 aliphatic rings. The summed E-state index contributed by atoms with van der Waals surface area (Å²) in [5.74, 6) is 0.0492. The van der Waals surface area contributed by atoms with Crippen LogP contribution in [-0.4, -0.2) is 12.0 Å². The molecule has 0 aliphatic carbocycles. The molecular weight excluding hydrogens is 230 g/mol. The van der Waals surface area contributed by atoms with Gasteiger partial charge < -0.3 is 0 Å². The molecule has 0 saturated carbocycles. The van der Waals surface area contributed by atoms with Gasteiger partial charge in [-0.25, -0.2) is 0 Å². The number of rotatable bonds is 0. The molecule has 0 spiro atoms. The Bertz CT molecular complexity index is 398. The number of carbonyl (C=O) groups is 1. The van der Waals surface area contributed by atoms with Crippen molar-refractivity contribution < 1.29 is 4.79 Å². The second kappa shape index (κ2) is 3.07. The van der Waals surface area contributed by atoms with E-state index in [1.165, 1.54) is 0 Å². The Morgan fingerprint density at radius 1 is 1.46 bits per heavy atom. The zero-order valence-corrected chi connectivity index (χ0v) is 8.71. The molecule has 2 nitrogen and oxygen atoms in total. The normalized spacial score (nSPS) is 20.2. The Hall–Kier alpha value is -0.960. The molecule has 13 heavy (non-hydrogen) atoms. The van der Waals surface area contributed by atoms with Gasteiger partial charge >= 0.3 is 0 Å². The zero-order chi connectivity index (χ0) is 9.42. The minimum Gasteiger partial charge on any atom is -0.293 e. The maximum Gasteiger partial charge on any atom is 0.173 e. The number of ketones is 1. The second-order valence-corrected chi connectivity index (χ2v) is 3.92. The van der Waals surface area contributed by atoms with Crippen LogP contribution in [0.1, 0.15) is 17.3 Å². The fraction of sp³-hybridized carbons (Fsp3) is 0.200. The summed E-state index contributed by atoms with van der Waals surface area (Å²) in [6.07, 6.45) is 1.69. The number of hydrogen-bond donors (Lipinski definition) is 0. The first-order valence-electron chi connectivity index (χ1n) is 4.07. The van der Waals surface area contributed by atoms with Crippen LogP contribution >= 0.6 is 15.9 Å². The van der Waals surface area contributed by atoms with Crippen LogP contribution < -0.4 is 0 Å². The fourth-order valence-electron chi connectivity index (χ4n) is 1.34. The highest BCUT2D eigenvalue weighted by atomic mass is 79.9. The molecule has 0 fully saturated rings. The Kier molecular flexibility index (Phi) is 2.04. The number of benzene rings is 1. The lowest BCUT2D eigenvalue weighted by Crippen LogP contribution is -2.16. The molecule has 2 rings (SSSR count). The summed E-state index contributed by atoms with van der Waals surface area (Å²) in [6, 6.07) is 5.56. The van der Waals surface area contributed by atoms with E-state index in [1.54, 1.807) is 6.21 Å². The number of hydrogen-bond acceptors (Lipinski definition) is 2. The van der Waals surface area contributed by atoms with Gasteiger partial charge in [0, 0.05) is 16.3 Å². The standard InChI is InChI=1S/C10H8BrNO/c1-6-5-12-9-7(10(6)13)3-2-4-8(9)11/h2-6H,1H3. The molecule has 1 atom stereocenters. The molecule has 0 N–H and O–H groups in total. The van der Waals surface area contributed by atoms with E-state index >= 15 is 0 Å². The molecular formula is C10H8BrNO. The molecule has 0 aromatic heterocycles. The molecule has 1 aliphatic heterocycles. The lowest BCUT2D eigenvalue weighted by molar-refractivity contribution is 0.0962. The van der Waals surface area contributed by atoms with Gasteiger partial charge in [0.1, 0.15) is 0 Å². The van der Waals surface area contributed by atoms with E-state index in [1.807, 2.05) is 25.1 Å². The van der Waals surface area contributed by atoms with E-state index < -0.39 is 0 Å². The molecule has 1 aromatic carbocycles. The summed E-state index contributed by atoms with van der Waals surface area (Å²) < 4.78 is 0.876. The largest absolute Gasteiger partial charge is 0.293 e. The Balaban J connectivity index is 2.65. The number of aliphatic imine (C=N–C) groups is 1. The van der Waals surface area contributed by atoms with Crippen molar-refractivity contribution in [3.63, 3.8) is 0 Å². The number of para-hydroxylation sites is 1. The molecule has 0 radical (unpaired) electrons. The topological polar surface area (TPSA) is 29.4 Å². The number of carbonyl (C=O) groups excluding carboxylic acids is 1. The van der Waals surface area contributed by atoms with Crippen molar-refractivity contribution in [2.24, 2.45) is 10.9 Å². The Labute approximate surface area is 84.8 Å². The lowest BCUT2D eigenvalue weighted by atomic mass is 9.96. The van der Waals surface area contributed by atoms with Crippen molar-refractivity contribution in [3.05, 3.63) is 28.2 Å². The predicted molar refractivity (Wildman–Crippen MR) is 55.8 cm³/mol. The minimum absolute atomic E-state index is 0.0956. The zero-order valence-electron chi connectivity index (χ0n) is 7.12. The SMILES string of the molecule is CC1C=Nc2c(Br)cccc2C1=O. The summed E-state index contributed by atoms with van der Waals surface area (Å²) in [6.45, 7) is 1.86. The van der Waals surface area contributed by atoms with Gasteiger partial charge in [-0.3, -0.25) is 9.79 Å². The molecule has 0 bridgehead atoms. The van der Waals surface area contributed by atoms with Gasteiger partial charge in [-0.05, 0) is 28.1 Å². The van der Waals surface area contributed by atoms with Crippen molar-refractivity contribution in [3.8, 4) is 0 Å². The lowest BCUT2D eigenvalue weighted by Gasteiger charge is -2.14. The first kappa shape index (κ1) is 8.63. The first-order chi connectivity index (χ1) is 6.20. The van der Waals surface area contributed by atoms with Crippen molar-refractivity contribution in [1.29, 1.82) is 0 Å². The molecule has 3 heteroatoms. The Morgan fingerprint density at radius 3 is 3.00 bits per heavy atom. The van der Waals surface area contributed by atoms with Gasteiger partial charge in [-0.2, -0.15) is 0 Å². The average molecular weight is 238 g/mol. The molecule has 0 amide bonds. The van der Waals surface area contributed by atoms with Crippen LogP contribution in [0.2, 0.25) is 0 Å². The van der Waals surface area contributed by atoms with E-state index in [-0.39, 0.29) is 11.7 Å². The first-order valence-corrected chi connectivity index (χ1v) is 4.86. The predicted octanol–water partition coefficient (Wildman–Crippen LogP) is 2.98. The van der Waals surface area contributed by atoms with Gasteiger partial charge in [0.2, 0.25) is 0 Å². The van der Waals surface area contributed by atoms with Crippen molar-refractivity contribution in [2.45, 2.75) is 6.92 Å². The van der Waals surface area contributed by atoms with Gasteiger partial charge in [0.05, 0.1) is 11.6 Å². The summed E-state index contributed by atoms with van der Waals surface area (Å²) >= 11 is 3.36. The molecule has 1 aromatic rings. The highest BCUT2D eigenvalue weighted by Crippen LogP contribution is 2.33. The van der Waals surface area contributed by atoms with E-state index in [0.29, 0.717) is 5.56 Å². The quantitative estimate of drug-likeness (QED) is 0.683. The smallest absolute Gasteiger partial charge is 0.173 e. The van der Waals surface area contributed by atoms with E-state index in [4.69, 9.17) is 0 Å². The van der Waals surface area contributed by atoms with E-state index in [9.17, 15) is 4.79 Å². The number of nitrogens with zero attached hydrogens (tertiary/aromatic N) is 1. The maximum atomic E-state index is 11.7. The van der Waals surface area contributed by atoms with Crippen LogP contribution in [0.15, 0.2) is 27.7 Å². The summed E-state index contributed by atoms with van der Waals surface area (Å²) in [7, 11) is 0. The van der Waals surface area contributed by atoms with Crippen LogP contribution in [0.3, 0.4) is 0 Å². The third-order valence-electron chi connectivity index (χ3n) is 2.09. The summed E-state index contributed by atoms with van der Waals surface area (Å²) in [5.41, 5.74) is 1.47. The number of halogens is 1. The van der Waals surface area contributed by atoms with Gasteiger partial charge in [-0.15, -0.1) is 0 Å². The van der Waals surface area contributed by atoms with Crippen molar-refractivity contribution >= 4 is 33.6 Å². The minimum atomic E-state index is -0.0956. The third kappa shape index (κ3) is 1.33. The molecule has 1 unspecified atom stereocenters. The van der Waals surface area contributed by atoms with E-state index in [0.717, 1.165) is 10.2 Å². The number of Topliss-reactive ketones (excluding diaryl/α,β-unsaturated/α-hetero) is 1. The van der Waals surface area contributed by atoms with Crippen molar-refractivity contribution in [2.75, 3.05) is 0 Å². The second-order valence-electron chi connectivity index (χ2n) is 3.07. The third-order valence-corrected chi connectivity index (χ3v) is 2.73. The van der Waals surface area contributed by atoms with Gasteiger partial charge in [-0.1, -0.05) is 13.0 Å². The van der Waals surface area contributed by atoms with Crippen molar-refractivity contribution in [1.82, 2.24) is 0 Å². The van der Waals surface area contributed by atoms with Crippen LogP contribution in [0.25, 0.3) is 0 Å². The maximum absolute atomic E-state index is 11.7. The van der Waals surface area contributed by atoms with Gasteiger partial charge in [0.25, 0.3) is 0 Å². The van der Waals surface area contributed by atoms with Crippen LogP contribution in [0.4, 0.5) is 5.69 Å². The summed E-state index contributed by atoms with van der Waals surface area (Å²) in [5, 5.41) is 0. The monoisotopic (exact) mass is 237 g/mol. The number of fused-ring (bicyclic) bond motifs is 1. The van der Waals surface area contributed by atoms with Crippen LogP contribution in [0.5, 0.6) is 0 Å². The Morgan fingerprint density at radius 2 is 2.23 bits per heavy atom.